The van der Waals surface area contributed by atoms with Crippen molar-refractivity contribution in [3.8, 4) is 23.0 Å². The first-order valence-corrected chi connectivity index (χ1v) is 10.6. The van der Waals surface area contributed by atoms with Crippen molar-refractivity contribution >= 4 is 35.0 Å². The van der Waals surface area contributed by atoms with Crippen LogP contribution in [-0.4, -0.2) is 47.9 Å². The number of hydrogen-bond acceptors (Lipinski definition) is 9. The maximum atomic E-state index is 12.4. The van der Waals surface area contributed by atoms with Gasteiger partial charge in [-0.1, -0.05) is 29.4 Å². The number of rotatable bonds is 10. The Morgan fingerprint density at radius 2 is 1.84 bits per heavy atom. The van der Waals surface area contributed by atoms with Gasteiger partial charge in [-0.25, -0.2) is 4.68 Å². The highest BCUT2D eigenvalue weighted by Crippen LogP contribution is 2.36. The molecule has 1 aromatic heterocycles. The highest BCUT2D eigenvalue weighted by molar-refractivity contribution is 7.99. The van der Waals surface area contributed by atoms with Gasteiger partial charge in [-0.2, -0.15) is 0 Å². The van der Waals surface area contributed by atoms with Crippen LogP contribution in [0.15, 0.2) is 41.6 Å². The number of halogens is 1. The molecule has 1 amide bonds. The molecule has 0 unspecified atom stereocenters. The third kappa shape index (κ3) is 5.68. The number of nitrogens with zero attached hydrogens (tertiary/aromatic N) is 3. The molecular formula is C20H22ClN5O5S. The Labute approximate surface area is 193 Å². The van der Waals surface area contributed by atoms with Crippen molar-refractivity contribution in [2.75, 3.05) is 38.2 Å². The van der Waals surface area contributed by atoms with Crippen LogP contribution in [0.25, 0.3) is 0 Å². The number of aromatic nitrogens is 3. The topological polar surface area (TPSA) is 123 Å². The minimum absolute atomic E-state index is 0.0406. The molecule has 3 rings (SSSR count). The Kier molecular flexibility index (Phi) is 7.90. The van der Waals surface area contributed by atoms with Gasteiger partial charge in [0.1, 0.15) is 29.6 Å². The predicted molar refractivity (Wildman–Crippen MR) is 121 cm³/mol. The van der Waals surface area contributed by atoms with E-state index in [1.54, 1.807) is 31.4 Å². The fourth-order valence-electron chi connectivity index (χ4n) is 2.62. The summed E-state index contributed by atoms with van der Waals surface area (Å²) in [7, 11) is 4.56. The van der Waals surface area contributed by atoms with Crippen LogP contribution in [0.1, 0.15) is 5.82 Å². The molecule has 0 atom stereocenters. The van der Waals surface area contributed by atoms with Crippen molar-refractivity contribution < 1.29 is 23.7 Å². The van der Waals surface area contributed by atoms with E-state index >= 15 is 0 Å². The molecule has 0 aliphatic heterocycles. The van der Waals surface area contributed by atoms with E-state index < -0.39 is 0 Å². The van der Waals surface area contributed by atoms with Crippen molar-refractivity contribution in [2.45, 2.75) is 11.8 Å². The zero-order valence-electron chi connectivity index (χ0n) is 17.6. The molecule has 170 valence electrons. The summed E-state index contributed by atoms with van der Waals surface area (Å²) in [5.74, 6) is 8.33. The molecule has 3 aromatic rings. The Bertz CT molecular complexity index is 1090. The van der Waals surface area contributed by atoms with Crippen LogP contribution in [0, 0.1) is 0 Å². The number of thioether (sulfide) groups is 1. The molecule has 0 bridgehead atoms. The highest BCUT2D eigenvalue weighted by Gasteiger charge is 2.16. The second-order valence-corrected chi connectivity index (χ2v) is 7.61. The zero-order valence-corrected chi connectivity index (χ0v) is 19.2. The fraction of sp³-hybridized carbons (Fsp3) is 0.250. The lowest BCUT2D eigenvalue weighted by molar-refractivity contribution is -0.113. The van der Waals surface area contributed by atoms with Crippen LogP contribution in [0.5, 0.6) is 23.0 Å². The molecule has 32 heavy (non-hydrogen) atoms. The van der Waals surface area contributed by atoms with E-state index in [0.29, 0.717) is 44.7 Å². The summed E-state index contributed by atoms with van der Waals surface area (Å²) in [6, 6.07) is 10.3. The van der Waals surface area contributed by atoms with Crippen LogP contribution in [-0.2, 0) is 11.4 Å². The van der Waals surface area contributed by atoms with E-state index in [2.05, 4.69) is 15.5 Å². The zero-order chi connectivity index (χ0) is 23.1. The summed E-state index contributed by atoms with van der Waals surface area (Å²) < 4.78 is 22.6. The fourth-order valence-corrected chi connectivity index (χ4v) is 3.53. The average molecular weight is 480 g/mol. The van der Waals surface area contributed by atoms with Gasteiger partial charge in [-0.05, 0) is 18.2 Å². The average Bonchev–Trinajstić information content (AvgIpc) is 3.16. The minimum atomic E-state index is -0.299. The Hall–Kier alpha value is -3.31. The lowest BCUT2D eigenvalue weighted by Crippen LogP contribution is -2.18. The Morgan fingerprint density at radius 1 is 1.09 bits per heavy atom. The summed E-state index contributed by atoms with van der Waals surface area (Å²) in [5, 5.41) is 11.5. The molecule has 0 radical (unpaired) electrons. The molecule has 2 aromatic carbocycles. The SMILES string of the molecule is COc1cccc(OCc2nnc(SCC(=O)Nc3cc(Cl)c(OC)cc3OC)n2N)c1. The quantitative estimate of drug-likeness (QED) is 0.333. The molecule has 0 saturated heterocycles. The molecule has 1 heterocycles. The van der Waals surface area contributed by atoms with Gasteiger partial charge >= 0.3 is 0 Å². The van der Waals surface area contributed by atoms with Crippen LogP contribution < -0.4 is 30.1 Å². The molecule has 10 nitrogen and oxygen atoms in total. The summed E-state index contributed by atoms with van der Waals surface area (Å²) in [4.78, 5) is 12.4. The van der Waals surface area contributed by atoms with Gasteiger partial charge in [0.2, 0.25) is 11.1 Å². The number of carbonyl (C=O) groups excluding carboxylic acids is 1. The Morgan fingerprint density at radius 3 is 2.56 bits per heavy atom. The van der Waals surface area contributed by atoms with E-state index in [9.17, 15) is 4.79 Å². The molecular weight excluding hydrogens is 458 g/mol. The maximum Gasteiger partial charge on any atom is 0.234 e. The number of hydrogen-bond donors (Lipinski definition) is 2. The van der Waals surface area contributed by atoms with Crippen molar-refractivity contribution in [3.63, 3.8) is 0 Å². The predicted octanol–water partition coefficient (Wildman–Crippen LogP) is 2.98. The first kappa shape index (κ1) is 23.4. The monoisotopic (exact) mass is 479 g/mol. The van der Waals surface area contributed by atoms with Crippen LogP contribution in [0.4, 0.5) is 5.69 Å². The maximum absolute atomic E-state index is 12.4. The standard InChI is InChI=1S/C20H22ClN5O5S/c1-28-12-5-4-6-13(7-12)31-10-18-24-25-20(26(18)22)32-11-19(27)23-15-8-14(21)16(29-2)9-17(15)30-3/h4-9H,10-11,22H2,1-3H3,(H,23,27). The number of nitrogen functional groups attached to an aromatic ring is 1. The second kappa shape index (κ2) is 10.8. The van der Waals surface area contributed by atoms with Gasteiger partial charge in [0.25, 0.3) is 0 Å². The summed E-state index contributed by atoms with van der Waals surface area (Å²) in [5.41, 5.74) is 0.422. The van der Waals surface area contributed by atoms with Crippen molar-refractivity contribution in [1.29, 1.82) is 0 Å². The van der Waals surface area contributed by atoms with Crippen molar-refractivity contribution in [1.82, 2.24) is 14.9 Å². The van der Waals surface area contributed by atoms with Crippen LogP contribution >= 0.6 is 23.4 Å². The lowest BCUT2D eigenvalue weighted by atomic mass is 10.2. The van der Waals surface area contributed by atoms with Gasteiger partial charge in [-0.3, -0.25) is 4.79 Å². The molecule has 0 saturated carbocycles. The smallest absolute Gasteiger partial charge is 0.234 e. The molecule has 0 aliphatic rings. The summed E-state index contributed by atoms with van der Waals surface area (Å²) in [6.45, 7) is 0.102. The number of benzene rings is 2. The normalized spacial score (nSPS) is 10.5. The van der Waals surface area contributed by atoms with E-state index in [1.165, 1.54) is 18.9 Å². The molecule has 3 N–H and O–H groups in total. The number of nitrogens with two attached hydrogens (primary N) is 1. The van der Waals surface area contributed by atoms with E-state index in [0.717, 1.165) is 11.8 Å². The molecule has 0 aliphatic carbocycles. The summed E-state index contributed by atoms with van der Waals surface area (Å²) >= 11 is 7.26. The number of anilines is 1. The highest BCUT2D eigenvalue weighted by atomic mass is 35.5. The number of amides is 1. The van der Waals surface area contributed by atoms with Crippen molar-refractivity contribution in [2.24, 2.45) is 0 Å². The number of nitrogens with one attached hydrogen (secondary N) is 1. The Balaban J connectivity index is 1.57. The summed E-state index contributed by atoms with van der Waals surface area (Å²) in [6.07, 6.45) is 0. The first-order chi connectivity index (χ1) is 15.4. The van der Waals surface area contributed by atoms with Gasteiger partial charge in [0.15, 0.2) is 5.82 Å². The lowest BCUT2D eigenvalue weighted by Gasteiger charge is -2.13. The molecule has 12 heteroatoms. The largest absolute Gasteiger partial charge is 0.497 e. The van der Waals surface area contributed by atoms with Gasteiger partial charge in [0, 0.05) is 12.1 Å². The number of ether oxygens (including phenoxy) is 4. The van der Waals surface area contributed by atoms with Crippen molar-refractivity contribution in [3.05, 3.63) is 47.2 Å². The van der Waals surface area contributed by atoms with Gasteiger partial charge < -0.3 is 30.1 Å². The molecule has 0 fully saturated rings. The number of carbonyl (C=O) groups is 1. The van der Waals surface area contributed by atoms with Crippen LogP contribution in [0.2, 0.25) is 5.02 Å². The van der Waals surface area contributed by atoms with E-state index in [1.807, 2.05) is 12.1 Å². The third-order valence-electron chi connectivity index (χ3n) is 4.22. The second-order valence-electron chi connectivity index (χ2n) is 6.26. The van der Waals surface area contributed by atoms with Gasteiger partial charge in [0.05, 0.1) is 37.8 Å². The van der Waals surface area contributed by atoms with Crippen LogP contribution in [0.3, 0.4) is 0 Å². The third-order valence-corrected chi connectivity index (χ3v) is 5.46. The van der Waals surface area contributed by atoms with Gasteiger partial charge in [-0.15, -0.1) is 10.2 Å². The van der Waals surface area contributed by atoms with E-state index in [4.69, 9.17) is 36.4 Å². The molecule has 0 spiro atoms. The van der Waals surface area contributed by atoms with E-state index in [-0.39, 0.29) is 18.3 Å². The number of methoxy groups -OCH3 is 3. The minimum Gasteiger partial charge on any atom is -0.497 e. The first-order valence-electron chi connectivity index (χ1n) is 9.25.